The van der Waals surface area contributed by atoms with Crippen molar-refractivity contribution in [3.63, 3.8) is 0 Å². The molecule has 0 spiro atoms. The van der Waals surface area contributed by atoms with Gasteiger partial charge >= 0.3 is 0 Å². The van der Waals surface area contributed by atoms with Gasteiger partial charge in [0.05, 0.1) is 6.04 Å². The van der Waals surface area contributed by atoms with E-state index in [9.17, 15) is 4.79 Å². The Balaban J connectivity index is 3.50. The quantitative estimate of drug-likeness (QED) is 0.612. The Morgan fingerprint density at radius 2 is 2.06 bits per heavy atom. The zero-order valence-corrected chi connectivity index (χ0v) is 11.6. The van der Waals surface area contributed by atoms with Gasteiger partial charge < -0.3 is 11.1 Å². The van der Waals surface area contributed by atoms with Crippen LogP contribution in [-0.4, -0.2) is 30.5 Å². The molecule has 0 heterocycles. The van der Waals surface area contributed by atoms with Crippen molar-refractivity contribution in [2.24, 2.45) is 11.7 Å². The van der Waals surface area contributed by atoms with Crippen LogP contribution in [0, 0.1) is 5.92 Å². The van der Waals surface area contributed by atoms with Crippen LogP contribution in [0.4, 0.5) is 0 Å². The predicted molar refractivity (Wildman–Crippen MR) is 72.7 cm³/mol. The fraction of sp³-hybridized carbons (Fsp3) is 0.917. The largest absolute Gasteiger partial charge is 0.355 e. The van der Waals surface area contributed by atoms with Crippen LogP contribution in [0.1, 0.15) is 39.5 Å². The molecular formula is C12H26N2OS. The van der Waals surface area contributed by atoms with E-state index < -0.39 is 0 Å². The second-order valence-corrected chi connectivity index (χ2v) is 5.24. The molecule has 4 heteroatoms. The van der Waals surface area contributed by atoms with E-state index in [-0.39, 0.29) is 17.9 Å². The summed E-state index contributed by atoms with van der Waals surface area (Å²) in [5.74, 6) is 1.47. The van der Waals surface area contributed by atoms with Crippen molar-refractivity contribution < 1.29 is 4.79 Å². The van der Waals surface area contributed by atoms with Crippen LogP contribution in [0.3, 0.4) is 0 Å². The third kappa shape index (κ3) is 7.12. The van der Waals surface area contributed by atoms with E-state index in [1.54, 1.807) is 0 Å². The average Bonchev–Trinajstić information content (AvgIpc) is 2.31. The first kappa shape index (κ1) is 15.8. The minimum Gasteiger partial charge on any atom is -0.355 e. The molecular weight excluding hydrogens is 220 g/mol. The Kier molecular flexibility index (Phi) is 9.83. The summed E-state index contributed by atoms with van der Waals surface area (Å²) in [5.41, 5.74) is 5.82. The van der Waals surface area contributed by atoms with Gasteiger partial charge in [0.15, 0.2) is 0 Å². The minimum absolute atomic E-state index is 0.000725. The Morgan fingerprint density at radius 3 is 2.62 bits per heavy atom. The molecule has 0 aromatic heterocycles. The molecule has 0 aliphatic carbocycles. The SMILES string of the molecule is CC[C@H](C)[C@H](N)C(=O)NCCCCCSC. The van der Waals surface area contributed by atoms with Crippen LogP contribution < -0.4 is 11.1 Å². The molecule has 0 aromatic rings. The maximum absolute atomic E-state index is 11.6. The summed E-state index contributed by atoms with van der Waals surface area (Å²) in [5, 5.41) is 2.90. The molecule has 0 aliphatic rings. The lowest BCUT2D eigenvalue weighted by Crippen LogP contribution is -2.44. The van der Waals surface area contributed by atoms with Crippen molar-refractivity contribution >= 4 is 17.7 Å². The van der Waals surface area contributed by atoms with E-state index in [0.717, 1.165) is 19.4 Å². The molecule has 0 saturated carbocycles. The summed E-state index contributed by atoms with van der Waals surface area (Å²) in [6.45, 7) is 4.83. The summed E-state index contributed by atoms with van der Waals surface area (Å²) >= 11 is 1.87. The van der Waals surface area contributed by atoms with Crippen molar-refractivity contribution in [1.82, 2.24) is 5.32 Å². The molecule has 0 fully saturated rings. The summed E-state index contributed by atoms with van der Waals surface area (Å²) in [7, 11) is 0. The zero-order valence-electron chi connectivity index (χ0n) is 10.8. The maximum atomic E-state index is 11.6. The molecule has 16 heavy (non-hydrogen) atoms. The van der Waals surface area contributed by atoms with Crippen LogP contribution in [0.15, 0.2) is 0 Å². The molecule has 0 saturated heterocycles. The van der Waals surface area contributed by atoms with E-state index in [4.69, 9.17) is 5.73 Å². The maximum Gasteiger partial charge on any atom is 0.237 e. The lowest BCUT2D eigenvalue weighted by molar-refractivity contribution is -0.123. The van der Waals surface area contributed by atoms with Gasteiger partial charge in [-0.25, -0.2) is 0 Å². The van der Waals surface area contributed by atoms with Gasteiger partial charge in [-0.15, -0.1) is 0 Å². The number of rotatable bonds is 9. The lowest BCUT2D eigenvalue weighted by atomic mass is 9.99. The first-order valence-electron chi connectivity index (χ1n) is 6.15. The highest BCUT2D eigenvalue weighted by molar-refractivity contribution is 7.98. The van der Waals surface area contributed by atoms with Crippen LogP contribution in [0.2, 0.25) is 0 Å². The van der Waals surface area contributed by atoms with E-state index in [1.165, 1.54) is 18.6 Å². The van der Waals surface area contributed by atoms with Gasteiger partial charge in [0.1, 0.15) is 0 Å². The normalized spacial score (nSPS) is 14.5. The molecule has 3 nitrogen and oxygen atoms in total. The fourth-order valence-electron chi connectivity index (χ4n) is 1.39. The molecule has 1 amide bonds. The smallest absolute Gasteiger partial charge is 0.237 e. The van der Waals surface area contributed by atoms with Gasteiger partial charge in [0.25, 0.3) is 0 Å². The number of unbranched alkanes of at least 4 members (excludes halogenated alkanes) is 2. The second-order valence-electron chi connectivity index (χ2n) is 4.26. The van der Waals surface area contributed by atoms with Crippen molar-refractivity contribution in [1.29, 1.82) is 0 Å². The fourth-order valence-corrected chi connectivity index (χ4v) is 1.88. The number of carbonyl (C=O) groups is 1. The predicted octanol–water partition coefficient (Wildman–Crippen LogP) is 2.01. The summed E-state index contributed by atoms with van der Waals surface area (Å²) in [6.07, 6.45) is 6.53. The topological polar surface area (TPSA) is 55.1 Å². The first-order valence-corrected chi connectivity index (χ1v) is 7.55. The molecule has 0 radical (unpaired) electrons. The average molecular weight is 246 g/mol. The van der Waals surface area contributed by atoms with Crippen molar-refractivity contribution in [3.8, 4) is 0 Å². The van der Waals surface area contributed by atoms with Crippen LogP contribution in [-0.2, 0) is 4.79 Å². The highest BCUT2D eigenvalue weighted by Crippen LogP contribution is 2.05. The highest BCUT2D eigenvalue weighted by atomic mass is 32.2. The Hall–Kier alpha value is -0.220. The summed E-state index contributed by atoms with van der Waals surface area (Å²) in [4.78, 5) is 11.6. The van der Waals surface area contributed by atoms with Gasteiger partial charge in [0, 0.05) is 6.54 Å². The van der Waals surface area contributed by atoms with Gasteiger partial charge in [-0.2, -0.15) is 11.8 Å². The highest BCUT2D eigenvalue weighted by Gasteiger charge is 2.18. The monoisotopic (exact) mass is 246 g/mol. The molecule has 0 aliphatic heterocycles. The number of hydrogen-bond donors (Lipinski definition) is 2. The Bertz CT molecular complexity index is 188. The number of carbonyl (C=O) groups excluding carboxylic acids is 1. The van der Waals surface area contributed by atoms with Crippen molar-refractivity contribution in [2.45, 2.75) is 45.6 Å². The first-order chi connectivity index (χ1) is 7.63. The third-order valence-corrected chi connectivity index (χ3v) is 3.58. The van der Waals surface area contributed by atoms with Gasteiger partial charge in [-0.05, 0) is 30.8 Å². The summed E-state index contributed by atoms with van der Waals surface area (Å²) in [6, 6.07) is -0.351. The van der Waals surface area contributed by atoms with E-state index >= 15 is 0 Å². The van der Waals surface area contributed by atoms with Crippen LogP contribution >= 0.6 is 11.8 Å². The molecule has 0 rings (SSSR count). The van der Waals surface area contributed by atoms with Gasteiger partial charge in [-0.3, -0.25) is 4.79 Å². The Labute approximate surface area is 104 Å². The number of hydrogen-bond acceptors (Lipinski definition) is 3. The van der Waals surface area contributed by atoms with E-state index in [1.807, 2.05) is 18.7 Å². The van der Waals surface area contributed by atoms with Crippen molar-refractivity contribution in [2.75, 3.05) is 18.6 Å². The van der Waals surface area contributed by atoms with E-state index in [0.29, 0.717) is 0 Å². The summed E-state index contributed by atoms with van der Waals surface area (Å²) < 4.78 is 0. The standard InChI is InChI=1S/C12H26N2OS/c1-4-10(2)11(13)12(15)14-8-6-5-7-9-16-3/h10-11H,4-9,13H2,1-3H3,(H,14,15)/t10-,11-/m0/s1. The molecule has 3 N–H and O–H groups in total. The molecule has 96 valence electrons. The minimum atomic E-state index is -0.351. The molecule has 0 aromatic carbocycles. The zero-order chi connectivity index (χ0) is 12.4. The van der Waals surface area contributed by atoms with Crippen LogP contribution in [0.25, 0.3) is 0 Å². The second kappa shape index (κ2) is 9.97. The Morgan fingerprint density at radius 1 is 1.38 bits per heavy atom. The number of amides is 1. The number of thioether (sulfide) groups is 1. The number of nitrogens with one attached hydrogen (secondary N) is 1. The van der Waals surface area contributed by atoms with Crippen molar-refractivity contribution in [3.05, 3.63) is 0 Å². The van der Waals surface area contributed by atoms with Crippen LogP contribution in [0.5, 0.6) is 0 Å². The van der Waals surface area contributed by atoms with E-state index in [2.05, 4.69) is 18.5 Å². The lowest BCUT2D eigenvalue weighted by Gasteiger charge is -2.17. The van der Waals surface area contributed by atoms with Gasteiger partial charge in [0.2, 0.25) is 5.91 Å². The molecule has 2 atom stereocenters. The third-order valence-electron chi connectivity index (χ3n) is 2.88. The molecule has 0 unspecified atom stereocenters. The molecule has 0 bridgehead atoms. The number of nitrogens with two attached hydrogens (primary N) is 1. The van der Waals surface area contributed by atoms with Gasteiger partial charge in [-0.1, -0.05) is 26.7 Å².